The third-order valence-electron chi connectivity index (χ3n) is 3.88. The molecule has 124 valence electrons. The minimum Gasteiger partial charge on any atom is -0.444 e. The van der Waals surface area contributed by atoms with Crippen molar-refractivity contribution >= 4 is 11.7 Å². The van der Waals surface area contributed by atoms with E-state index in [1.54, 1.807) is 11.1 Å². The Labute approximate surface area is 136 Å². The van der Waals surface area contributed by atoms with E-state index in [2.05, 4.69) is 9.97 Å². The van der Waals surface area contributed by atoms with Gasteiger partial charge < -0.3 is 9.47 Å². The fourth-order valence-electron chi connectivity index (χ4n) is 2.96. The van der Waals surface area contributed by atoms with E-state index >= 15 is 0 Å². The average molecular weight is 317 g/mol. The Morgan fingerprint density at radius 1 is 1.39 bits per heavy atom. The molecule has 0 aromatic carbocycles. The molecule has 0 N–H and O–H groups in total. The van der Waals surface area contributed by atoms with Crippen LogP contribution in [0.25, 0.3) is 5.57 Å². The second-order valence-electron chi connectivity index (χ2n) is 7.06. The van der Waals surface area contributed by atoms with Gasteiger partial charge in [-0.05, 0) is 45.8 Å². The lowest BCUT2D eigenvalue weighted by Gasteiger charge is -2.44. The molecule has 3 rings (SSSR count). The van der Waals surface area contributed by atoms with Crippen LogP contribution in [0.15, 0.2) is 18.3 Å². The number of carbonyl (C=O) groups excluding carboxylic acids is 1. The summed E-state index contributed by atoms with van der Waals surface area (Å²) < 4.78 is 11.2. The van der Waals surface area contributed by atoms with E-state index in [1.165, 1.54) is 0 Å². The minimum absolute atomic E-state index is 0.0345. The molecule has 0 aliphatic carbocycles. The highest BCUT2D eigenvalue weighted by Gasteiger charge is 2.40. The number of hydrogen-bond donors (Lipinski definition) is 0. The predicted octanol–water partition coefficient (Wildman–Crippen LogP) is 2.58. The van der Waals surface area contributed by atoms with Crippen molar-refractivity contribution in [2.24, 2.45) is 0 Å². The van der Waals surface area contributed by atoms with Crippen molar-refractivity contribution < 1.29 is 14.3 Å². The molecule has 3 heterocycles. The summed E-state index contributed by atoms with van der Waals surface area (Å²) in [7, 11) is 0. The second kappa shape index (κ2) is 5.92. The Morgan fingerprint density at radius 3 is 2.83 bits per heavy atom. The molecule has 1 saturated heterocycles. The molecule has 0 radical (unpaired) electrons. The Bertz CT molecular complexity index is 636. The molecular formula is C17H23N3O3. The summed E-state index contributed by atoms with van der Waals surface area (Å²) in [4.78, 5) is 23.2. The van der Waals surface area contributed by atoms with Crippen molar-refractivity contribution in [1.82, 2.24) is 14.9 Å². The van der Waals surface area contributed by atoms with Gasteiger partial charge in [0.05, 0.1) is 25.3 Å². The van der Waals surface area contributed by atoms with Gasteiger partial charge in [-0.3, -0.25) is 4.90 Å². The van der Waals surface area contributed by atoms with Gasteiger partial charge in [0.15, 0.2) is 5.82 Å². The summed E-state index contributed by atoms with van der Waals surface area (Å²) in [6.45, 7) is 8.57. The Morgan fingerprint density at radius 2 is 2.17 bits per heavy atom. The van der Waals surface area contributed by atoms with Crippen LogP contribution in [0.2, 0.25) is 0 Å². The maximum absolute atomic E-state index is 12.5. The number of hydrogen-bond acceptors (Lipinski definition) is 5. The molecule has 6 nitrogen and oxygen atoms in total. The summed E-state index contributed by atoms with van der Waals surface area (Å²) in [6.07, 6.45) is 4.20. The highest BCUT2D eigenvalue weighted by atomic mass is 16.6. The molecule has 1 fully saturated rings. The Hall–Kier alpha value is -1.95. The van der Waals surface area contributed by atoms with Crippen LogP contribution >= 0.6 is 0 Å². The topological polar surface area (TPSA) is 64.5 Å². The van der Waals surface area contributed by atoms with E-state index in [9.17, 15) is 4.79 Å². The number of morpholine rings is 1. The first-order valence-corrected chi connectivity index (χ1v) is 7.93. The quantitative estimate of drug-likeness (QED) is 0.796. The number of rotatable bonds is 1. The van der Waals surface area contributed by atoms with Crippen LogP contribution in [0.3, 0.4) is 0 Å². The van der Waals surface area contributed by atoms with E-state index < -0.39 is 5.60 Å². The number of ether oxygens (including phenoxy) is 2. The maximum atomic E-state index is 12.5. The highest BCUT2D eigenvalue weighted by molar-refractivity contribution is 5.73. The maximum Gasteiger partial charge on any atom is 0.411 e. The fraction of sp³-hybridized carbons (Fsp3) is 0.588. The SMILES string of the molecule is Cc1ccnc(C2=CC3COCC(C2)N3C(=O)OC(C)(C)C)n1. The lowest BCUT2D eigenvalue weighted by molar-refractivity contribution is -0.0511. The van der Waals surface area contributed by atoms with E-state index in [1.807, 2.05) is 39.8 Å². The summed E-state index contributed by atoms with van der Waals surface area (Å²) in [6, 6.07) is 1.72. The average Bonchev–Trinajstić information content (AvgIpc) is 2.44. The smallest absolute Gasteiger partial charge is 0.411 e. The highest BCUT2D eigenvalue weighted by Crippen LogP contribution is 2.32. The first-order chi connectivity index (χ1) is 10.8. The van der Waals surface area contributed by atoms with Gasteiger partial charge in [0.2, 0.25) is 0 Å². The molecule has 0 spiro atoms. The normalized spacial score (nSPS) is 24.2. The van der Waals surface area contributed by atoms with Gasteiger partial charge in [0.25, 0.3) is 0 Å². The van der Waals surface area contributed by atoms with Crippen LogP contribution in [0.1, 0.15) is 38.7 Å². The molecule has 2 unspecified atom stereocenters. The van der Waals surface area contributed by atoms with Crippen LogP contribution < -0.4 is 0 Å². The molecule has 1 amide bonds. The molecule has 2 bridgehead atoms. The van der Waals surface area contributed by atoms with E-state index in [0.29, 0.717) is 19.6 Å². The molecule has 1 aromatic rings. The third-order valence-corrected chi connectivity index (χ3v) is 3.88. The molecule has 23 heavy (non-hydrogen) atoms. The fourth-order valence-corrected chi connectivity index (χ4v) is 2.96. The minimum atomic E-state index is -0.504. The number of amides is 1. The number of aryl methyl sites for hydroxylation is 1. The lowest BCUT2D eigenvalue weighted by Crippen LogP contribution is -2.57. The summed E-state index contributed by atoms with van der Waals surface area (Å²) >= 11 is 0. The van der Waals surface area contributed by atoms with Gasteiger partial charge in [0.1, 0.15) is 5.60 Å². The first kappa shape index (κ1) is 15.9. The zero-order valence-corrected chi connectivity index (χ0v) is 14.1. The summed E-state index contributed by atoms with van der Waals surface area (Å²) in [5.41, 5.74) is 1.51. The van der Waals surface area contributed by atoms with Crippen LogP contribution in [-0.4, -0.2) is 51.9 Å². The van der Waals surface area contributed by atoms with Crippen molar-refractivity contribution in [2.75, 3.05) is 13.2 Å². The van der Waals surface area contributed by atoms with Crippen LogP contribution in [-0.2, 0) is 9.47 Å². The van der Waals surface area contributed by atoms with Gasteiger partial charge >= 0.3 is 6.09 Å². The summed E-state index contributed by atoms with van der Waals surface area (Å²) in [5, 5.41) is 0. The van der Waals surface area contributed by atoms with E-state index in [4.69, 9.17) is 9.47 Å². The van der Waals surface area contributed by atoms with Crippen molar-refractivity contribution in [2.45, 2.75) is 51.8 Å². The van der Waals surface area contributed by atoms with Gasteiger partial charge in [-0.25, -0.2) is 14.8 Å². The first-order valence-electron chi connectivity index (χ1n) is 7.93. The lowest BCUT2D eigenvalue weighted by atomic mass is 9.94. The van der Waals surface area contributed by atoms with Crippen LogP contribution in [0, 0.1) is 6.92 Å². The van der Waals surface area contributed by atoms with Crippen molar-refractivity contribution in [3.05, 3.63) is 29.9 Å². The number of fused-ring (bicyclic) bond motifs is 2. The molecule has 1 aromatic heterocycles. The molecule has 2 atom stereocenters. The van der Waals surface area contributed by atoms with Gasteiger partial charge in [0, 0.05) is 11.9 Å². The number of aromatic nitrogens is 2. The Balaban J connectivity index is 1.86. The Kier molecular flexibility index (Phi) is 4.10. The van der Waals surface area contributed by atoms with Crippen LogP contribution in [0.4, 0.5) is 4.79 Å². The van der Waals surface area contributed by atoms with E-state index in [-0.39, 0.29) is 18.2 Å². The molecule has 2 aliphatic rings. The third kappa shape index (κ3) is 3.52. The van der Waals surface area contributed by atoms with Crippen molar-refractivity contribution in [1.29, 1.82) is 0 Å². The van der Waals surface area contributed by atoms with Gasteiger partial charge in [-0.2, -0.15) is 0 Å². The zero-order valence-electron chi connectivity index (χ0n) is 14.1. The zero-order chi connectivity index (χ0) is 16.6. The molecule has 6 heteroatoms. The predicted molar refractivity (Wildman–Crippen MR) is 85.8 cm³/mol. The van der Waals surface area contributed by atoms with Crippen molar-refractivity contribution in [3.63, 3.8) is 0 Å². The number of nitrogens with zero attached hydrogens (tertiary/aromatic N) is 3. The molecular weight excluding hydrogens is 294 g/mol. The van der Waals surface area contributed by atoms with Gasteiger partial charge in [-0.1, -0.05) is 6.08 Å². The number of carbonyl (C=O) groups is 1. The second-order valence-corrected chi connectivity index (χ2v) is 7.06. The van der Waals surface area contributed by atoms with Crippen molar-refractivity contribution in [3.8, 4) is 0 Å². The standard InChI is InChI=1S/C17H23N3O3/c1-11-5-6-18-15(19-11)12-7-13-9-22-10-14(8-12)20(13)16(21)23-17(2,3)4/h5-7,13-14H,8-10H2,1-4H3. The van der Waals surface area contributed by atoms with Crippen LogP contribution in [0.5, 0.6) is 0 Å². The largest absolute Gasteiger partial charge is 0.444 e. The molecule has 2 aliphatic heterocycles. The van der Waals surface area contributed by atoms with E-state index in [0.717, 1.165) is 17.1 Å². The summed E-state index contributed by atoms with van der Waals surface area (Å²) in [5.74, 6) is 0.741. The van der Waals surface area contributed by atoms with Gasteiger partial charge in [-0.15, -0.1) is 0 Å². The molecule has 0 saturated carbocycles. The monoisotopic (exact) mass is 317 g/mol.